The molecular weight excluding hydrogens is 682 g/mol. The second-order valence-electron chi connectivity index (χ2n) is 10.7. The standard InChI is InChI=1S/C29H39NO18S/c1-12(31)40-9-21(42-14(3)33)23(44-16(5)35)25(46-18(7)37)27-30-20(29(39)48-27)11-49-28(30)26(47-19(8)38)24(45-17(6)36)22(43-15(4)34)10-41-13(2)32/h20-28H,9-11H2,1-8H3/t20-,21-,22-,23-,24-,25-,26+,27?,28+/m0/s1. The topological polar surface area (TPSA) is 240 Å². The van der Waals surface area contributed by atoms with E-state index in [-0.39, 0.29) is 5.75 Å². The van der Waals surface area contributed by atoms with Gasteiger partial charge in [0, 0.05) is 61.1 Å². The molecule has 0 saturated carbocycles. The third-order valence-electron chi connectivity index (χ3n) is 6.57. The van der Waals surface area contributed by atoms with Crippen molar-refractivity contribution in [3.8, 4) is 0 Å². The number of hydrogen-bond donors (Lipinski definition) is 0. The van der Waals surface area contributed by atoms with Crippen molar-refractivity contribution < 1.29 is 85.8 Å². The first-order chi connectivity index (χ1) is 22.8. The minimum Gasteiger partial charge on any atom is -0.462 e. The molecule has 0 bridgehead atoms. The van der Waals surface area contributed by atoms with Gasteiger partial charge in [-0.05, 0) is 0 Å². The highest BCUT2D eigenvalue weighted by molar-refractivity contribution is 8.00. The molecule has 274 valence electrons. The van der Waals surface area contributed by atoms with Gasteiger partial charge in [0.15, 0.2) is 42.9 Å². The van der Waals surface area contributed by atoms with E-state index >= 15 is 0 Å². The Morgan fingerprint density at radius 1 is 0.612 bits per heavy atom. The van der Waals surface area contributed by atoms with Crippen LogP contribution >= 0.6 is 11.8 Å². The maximum absolute atomic E-state index is 13.3. The van der Waals surface area contributed by atoms with Crippen LogP contribution in [0.4, 0.5) is 0 Å². The molecule has 20 heteroatoms. The lowest BCUT2D eigenvalue weighted by atomic mass is 10.0. The number of hydrogen-bond acceptors (Lipinski definition) is 20. The summed E-state index contributed by atoms with van der Waals surface area (Å²) in [5.74, 6) is -8.02. The minimum absolute atomic E-state index is 0.0292. The van der Waals surface area contributed by atoms with Crippen LogP contribution in [0.3, 0.4) is 0 Å². The van der Waals surface area contributed by atoms with Crippen LogP contribution < -0.4 is 0 Å². The molecule has 0 N–H and O–H groups in total. The molecule has 49 heavy (non-hydrogen) atoms. The van der Waals surface area contributed by atoms with Crippen molar-refractivity contribution in [1.29, 1.82) is 0 Å². The maximum atomic E-state index is 13.3. The Morgan fingerprint density at radius 2 is 1.00 bits per heavy atom. The Bertz CT molecular complexity index is 1300. The van der Waals surface area contributed by atoms with E-state index in [2.05, 4.69) is 0 Å². The van der Waals surface area contributed by atoms with Gasteiger partial charge in [-0.15, -0.1) is 11.8 Å². The zero-order valence-electron chi connectivity index (χ0n) is 28.0. The van der Waals surface area contributed by atoms with Crippen LogP contribution in [0.15, 0.2) is 0 Å². The highest BCUT2D eigenvalue weighted by Gasteiger charge is 2.61. The summed E-state index contributed by atoms with van der Waals surface area (Å²) in [6.07, 6.45) is -11.6. The van der Waals surface area contributed by atoms with Gasteiger partial charge in [-0.2, -0.15) is 0 Å². The van der Waals surface area contributed by atoms with Crippen molar-refractivity contribution in [2.45, 2.75) is 110 Å². The summed E-state index contributed by atoms with van der Waals surface area (Å²) in [6, 6.07) is -1.13. The second-order valence-corrected chi connectivity index (χ2v) is 11.9. The molecule has 19 nitrogen and oxygen atoms in total. The van der Waals surface area contributed by atoms with Crippen molar-refractivity contribution in [2.24, 2.45) is 0 Å². The van der Waals surface area contributed by atoms with Gasteiger partial charge in [0.25, 0.3) is 0 Å². The van der Waals surface area contributed by atoms with Crippen LogP contribution in [0, 0.1) is 0 Å². The predicted octanol–water partition coefficient (Wildman–Crippen LogP) is -0.671. The van der Waals surface area contributed by atoms with E-state index in [9.17, 15) is 43.2 Å². The number of ether oxygens (including phenoxy) is 9. The fraction of sp³-hybridized carbons (Fsp3) is 0.690. The monoisotopic (exact) mass is 721 g/mol. The van der Waals surface area contributed by atoms with Gasteiger partial charge in [0.2, 0.25) is 0 Å². The Hall–Kier alpha value is -4.46. The van der Waals surface area contributed by atoms with E-state index in [0.29, 0.717) is 0 Å². The molecule has 0 radical (unpaired) electrons. The summed E-state index contributed by atoms with van der Waals surface area (Å²) >= 11 is 1.01. The van der Waals surface area contributed by atoms with Crippen molar-refractivity contribution in [2.75, 3.05) is 19.0 Å². The van der Waals surface area contributed by atoms with E-state index in [4.69, 9.17) is 42.6 Å². The summed E-state index contributed by atoms with van der Waals surface area (Å²) in [7, 11) is 0. The van der Waals surface area contributed by atoms with Gasteiger partial charge >= 0.3 is 53.7 Å². The molecule has 9 atom stereocenters. The Kier molecular flexibility index (Phi) is 15.2. The number of carbonyl (C=O) groups excluding carboxylic acids is 9. The average Bonchev–Trinajstić information content (AvgIpc) is 3.53. The Labute approximate surface area is 284 Å². The average molecular weight is 722 g/mol. The molecule has 0 aromatic heterocycles. The zero-order chi connectivity index (χ0) is 37.2. The van der Waals surface area contributed by atoms with Gasteiger partial charge in [-0.3, -0.25) is 43.2 Å². The number of rotatable bonds is 16. The molecule has 0 aromatic rings. The molecule has 2 fully saturated rings. The van der Waals surface area contributed by atoms with Crippen LogP contribution in [-0.2, 0) is 85.8 Å². The normalized spacial score (nSPS) is 22.0. The summed E-state index contributed by atoms with van der Waals surface area (Å²) in [5, 5.41) is -1.22. The molecule has 0 amide bonds. The molecular formula is C29H39NO18S. The SMILES string of the molecule is CC(=O)OC[C@H](OC(C)=O)[C@H](OC(C)=O)[C@@H](OC(C)=O)[C@H]1SC[C@H]2C(=O)OC([C@@H](OC(C)=O)[C@@H](OC(C)=O)[C@H](COC(C)=O)OC(C)=O)N12. The fourth-order valence-corrected chi connectivity index (χ4v) is 6.61. The Morgan fingerprint density at radius 3 is 1.39 bits per heavy atom. The van der Waals surface area contributed by atoms with Gasteiger partial charge in [-0.25, -0.2) is 4.90 Å². The molecule has 0 aliphatic carbocycles. The maximum Gasteiger partial charge on any atom is 0.326 e. The fourth-order valence-electron chi connectivity index (χ4n) is 5.08. The summed E-state index contributed by atoms with van der Waals surface area (Å²) < 4.78 is 48.3. The quantitative estimate of drug-likeness (QED) is 0.142. The molecule has 2 saturated heterocycles. The molecule has 0 spiro atoms. The largest absolute Gasteiger partial charge is 0.462 e. The van der Waals surface area contributed by atoms with Crippen LogP contribution in [0.25, 0.3) is 0 Å². The number of fused-ring (bicyclic) bond motifs is 1. The smallest absolute Gasteiger partial charge is 0.326 e. The summed E-state index contributed by atoms with van der Waals surface area (Å²) in [5.41, 5.74) is 0. The zero-order valence-corrected chi connectivity index (χ0v) is 28.8. The lowest BCUT2D eigenvalue weighted by molar-refractivity contribution is -0.212. The predicted molar refractivity (Wildman–Crippen MR) is 158 cm³/mol. The molecule has 0 aromatic carbocycles. The van der Waals surface area contributed by atoms with Gasteiger partial charge < -0.3 is 42.6 Å². The van der Waals surface area contributed by atoms with E-state index < -0.39 is 121 Å². The highest BCUT2D eigenvalue weighted by Crippen LogP contribution is 2.43. The Balaban J connectivity index is 2.76. The number of cyclic esters (lactones) is 1. The van der Waals surface area contributed by atoms with Gasteiger partial charge in [-0.1, -0.05) is 0 Å². The third-order valence-corrected chi connectivity index (χ3v) is 7.93. The van der Waals surface area contributed by atoms with Gasteiger partial charge in [0.1, 0.15) is 24.6 Å². The molecule has 2 aliphatic rings. The number of carbonyl (C=O) groups is 9. The van der Waals surface area contributed by atoms with Crippen molar-refractivity contribution in [1.82, 2.24) is 4.90 Å². The summed E-state index contributed by atoms with van der Waals surface area (Å²) in [4.78, 5) is 112. The third kappa shape index (κ3) is 12.2. The van der Waals surface area contributed by atoms with Crippen LogP contribution in [-0.4, -0.2) is 132 Å². The number of thioether (sulfide) groups is 1. The van der Waals surface area contributed by atoms with E-state index in [0.717, 1.165) is 67.2 Å². The molecule has 2 aliphatic heterocycles. The molecule has 1 unspecified atom stereocenters. The highest BCUT2D eigenvalue weighted by atomic mass is 32.2. The van der Waals surface area contributed by atoms with E-state index in [1.807, 2.05) is 0 Å². The van der Waals surface area contributed by atoms with Crippen molar-refractivity contribution >= 4 is 65.5 Å². The number of esters is 9. The lowest BCUT2D eigenvalue weighted by Gasteiger charge is -2.40. The van der Waals surface area contributed by atoms with Crippen LogP contribution in [0.5, 0.6) is 0 Å². The molecule has 2 heterocycles. The van der Waals surface area contributed by atoms with Crippen LogP contribution in [0.1, 0.15) is 55.4 Å². The first-order valence-corrected chi connectivity index (χ1v) is 15.8. The second kappa shape index (κ2) is 18.3. The minimum atomic E-state index is -1.79. The molecule has 2 rings (SSSR count). The van der Waals surface area contributed by atoms with Crippen LogP contribution in [0.2, 0.25) is 0 Å². The van der Waals surface area contributed by atoms with Gasteiger partial charge in [0.05, 0.1) is 0 Å². The first kappa shape index (κ1) is 40.7. The lowest BCUT2D eigenvalue weighted by Crippen LogP contribution is -2.60. The van der Waals surface area contributed by atoms with E-state index in [1.54, 1.807) is 0 Å². The number of nitrogens with zero attached hydrogens (tertiary/aromatic N) is 1. The first-order valence-electron chi connectivity index (χ1n) is 14.7. The van der Waals surface area contributed by atoms with E-state index in [1.165, 1.54) is 4.90 Å². The summed E-state index contributed by atoms with van der Waals surface area (Å²) in [6.45, 7) is 6.88. The van der Waals surface area contributed by atoms with Crippen molar-refractivity contribution in [3.05, 3.63) is 0 Å². The van der Waals surface area contributed by atoms with Crippen molar-refractivity contribution in [3.63, 3.8) is 0 Å².